The van der Waals surface area contributed by atoms with E-state index in [9.17, 15) is 4.79 Å². The van der Waals surface area contributed by atoms with E-state index < -0.39 is 0 Å². The molecule has 17 heavy (non-hydrogen) atoms. The molecule has 1 rings (SSSR count). The van der Waals surface area contributed by atoms with Crippen LogP contribution in [0.3, 0.4) is 0 Å². The average molecular weight is 252 g/mol. The molecule has 0 bridgehead atoms. The summed E-state index contributed by atoms with van der Waals surface area (Å²) in [6.07, 6.45) is 0. The molecule has 0 fully saturated rings. The first-order valence-electron chi connectivity index (χ1n) is 5.30. The van der Waals surface area contributed by atoms with Crippen molar-refractivity contribution >= 4 is 23.1 Å². The maximum atomic E-state index is 12.2. The van der Waals surface area contributed by atoms with E-state index in [2.05, 4.69) is 0 Å². The van der Waals surface area contributed by atoms with Gasteiger partial charge in [0.15, 0.2) is 0 Å². The lowest BCUT2D eigenvalue weighted by molar-refractivity contribution is 0.0784. The SMILES string of the molecule is CCN(CC(N)=S)C(=O)c1ccccc1OC. The van der Waals surface area contributed by atoms with E-state index in [1.165, 1.54) is 7.11 Å². The molecule has 0 unspecified atom stereocenters. The van der Waals surface area contributed by atoms with Crippen molar-refractivity contribution < 1.29 is 9.53 Å². The van der Waals surface area contributed by atoms with Crippen LogP contribution in [-0.4, -0.2) is 36.0 Å². The van der Waals surface area contributed by atoms with Crippen molar-refractivity contribution in [3.05, 3.63) is 29.8 Å². The van der Waals surface area contributed by atoms with Crippen molar-refractivity contribution in [3.63, 3.8) is 0 Å². The summed E-state index contributed by atoms with van der Waals surface area (Å²) in [5, 5.41) is 0. The Hall–Kier alpha value is -1.62. The Kier molecular flexibility index (Phi) is 4.90. The molecular formula is C12H16N2O2S. The van der Waals surface area contributed by atoms with Gasteiger partial charge in [0.25, 0.3) is 5.91 Å². The molecule has 5 heteroatoms. The summed E-state index contributed by atoms with van der Waals surface area (Å²) in [5.74, 6) is 0.427. The van der Waals surface area contributed by atoms with E-state index in [0.717, 1.165) is 0 Å². The van der Waals surface area contributed by atoms with Gasteiger partial charge in [-0.15, -0.1) is 0 Å². The van der Waals surface area contributed by atoms with Crippen molar-refractivity contribution in [2.45, 2.75) is 6.92 Å². The summed E-state index contributed by atoms with van der Waals surface area (Å²) in [7, 11) is 1.54. The highest BCUT2D eigenvalue weighted by Crippen LogP contribution is 2.19. The van der Waals surface area contributed by atoms with Crippen molar-refractivity contribution in [2.24, 2.45) is 5.73 Å². The number of para-hydroxylation sites is 1. The van der Waals surface area contributed by atoms with Gasteiger partial charge in [0.1, 0.15) is 5.75 Å². The zero-order valence-electron chi connectivity index (χ0n) is 9.97. The molecule has 0 aromatic heterocycles. The van der Waals surface area contributed by atoms with Crippen molar-refractivity contribution in [3.8, 4) is 5.75 Å². The zero-order valence-corrected chi connectivity index (χ0v) is 10.8. The van der Waals surface area contributed by atoms with Crippen LogP contribution in [-0.2, 0) is 0 Å². The van der Waals surface area contributed by atoms with Gasteiger partial charge >= 0.3 is 0 Å². The first kappa shape index (κ1) is 13.4. The van der Waals surface area contributed by atoms with E-state index in [0.29, 0.717) is 22.8 Å². The largest absolute Gasteiger partial charge is 0.496 e. The summed E-state index contributed by atoms with van der Waals surface area (Å²) in [6, 6.07) is 7.09. The van der Waals surface area contributed by atoms with Gasteiger partial charge in [0.2, 0.25) is 0 Å². The highest BCUT2D eigenvalue weighted by molar-refractivity contribution is 7.80. The molecule has 0 saturated carbocycles. The minimum absolute atomic E-state index is 0.127. The van der Waals surface area contributed by atoms with Gasteiger partial charge in [0.05, 0.1) is 24.2 Å². The standard InChI is InChI=1S/C12H16N2O2S/c1-3-14(8-11(13)17)12(15)9-6-4-5-7-10(9)16-2/h4-7H,3,8H2,1-2H3,(H2,13,17). The normalized spacial score (nSPS) is 9.76. The quantitative estimate of drug-likeness (QED) is 0.806. The predicted octanol–water partition coefficient (Wildman–Crippen LogP) is 1.44. The van der Waals surface area contributed by atoms with Gasteiger partial charge in [-0.05, 0) is 19.1 Å². The maximum Gasteiger partial charge on any atom is 0.257 e. The number of amides is 1. The Balaban J connectivity index is 2.97. The fraction of sp³-hybridized carbons (Fsp3) is 0.333. The third-order valence-electron chi connectivity index (χ3n) is 2.35. The minimum Gasteiger partial charge on any atom is -0.496 e. The van der Waals surface area contributed by atoms with Crippen molar-refractivity contribution in [1.82, 2.24) is 4.90 Å². The van der Waals surface area contributed by atoms with Gasteiger partial charge in [-0.2, -0.15) is 0 Å². The second kappa shape index (κ2) is 6.20. The van der Waals surface area contributed by atoms with Gasteiger partial charge < -0.3 is 15.4 Å². The number of benzene rings is 1. The number of nitrogens with zero attached hydrogens (tertiary/aromatic N) is 1. The van der Waals surface area contributed by atoms with Crippen LogP contribution in [0.5, 0.6) is 5.75 Å². The summed E-state index contributed by atoms with van der Waals surface area (Å²) in [5.41, 5.74) is 5.98. The Morgan fingerprint density at radius 3 is 2.65 bits per heavy atom. The molecule has 0 spiro atoms. The van der Waals surface area contributed by atoms with Crippen LogP contribution in [0.25, 0.3) is 0 Å². The molecule has 0 aliphatic carbocycles. The van der Waals surface area contributed by atoms with Crippen LogP contribution in [0.2, 0.25) is 0 Å². The molecular weight excluding hydrogens is 236 g/mol. The van der Waals surface area contributed by atoms with Crippen LogP contribution >= 0.6 is 12.2 Å². The number of nitrogens with two attached hydrogens (primary N) is 1. The molecule has 1 amide bonds. The molecule has 4 nitrogen and oxygen atoms in total. The van der Waals surface area contributed by atoms with Gasteiger partial charge in [-0.1, -0.05) is 24.4 Å². The Labute approximate surface area is 106 Å². The summed E-state index contributed by atoms with van der Waals surface area (Å²) < 4.78 is 5.15. The van der Waals surface area contributed by atoms with Crippen LogP contribution in [0, 0.1) is 0 Å². The number of methoxy groups -OCH3 is 1. The fourth-order valence-corrected chi connectivity index (χ4v) is 1.66. The van der Waals surface area contributed by atoms with Crippen LogP contribution in [0.4, 0.5) is 0 Å². The number of thiocarbonyl (C=S) groups is 1. The highest BCUT2D eigenvalue weighted by atomic mass is 32.1. The van der Waals surface area contributed by atoms with Crippen molar-refractivity contribution in [2.75, 3.05) is 20.2 Å². The minimum atomic E-state index is -0.127. The molecule has 1 aromatic carbocycles. The fourth-order valence-electron chi connectivity index (χ4n) is 1.51. The molecule has 0 aliphatic rings. The van der Waals surface area contributed by atoms with Crippen LogP contribution < -0.4 is 10.5 Å². The summed E-state index contributed by atoms with van der Waals surface area (Å²) >= 11 is 4.82. The molecule has 0 atom stereocenters. The number of likely N-dealkylation sites (N-methyl/N-ethyl adjacent to an activating group) is 1. The lowest BCUT2D eigenvalue weighted by Crippen LogP contribution is -2.37. The Bertz CT molecular complexity index is 421. The lowest BCUT2D eigenvalue weighted by atomic mass is 10.1. The smallest absolute Gasteiger partial charge is 0.257 e. The number of hydrogen-bond donors (Lipinski definition) is 1. The molecule has 2 N–H and O–H groups in total. The van der Waals surface area contributed by atoms with E-state index >= 15 is 0 Å². The van der Waals surface area contributed by atoms with Crippen LogP contribution in [0.1, 0.15) is 17.3 Å². The number of hydrogen-bond acceptors (Lipinski definition) is 3. The van der Waals surface area contributed by atoms with Gasteiger partial charge in [0, 0.05) is 6.54 Å². The van der Waals surface area contributed by atoms with Crippen molar-refractivity contribution in [1.29, 1.82) is 0 Å². The van der Waals surface area contributed by atoms with Gasteiger partial charge in [-0.25, -0.2) is 0 Å². The Morgan fingerprint density at radius 1 is 1.47 bits per heavy atom. The van der Waals surface area contributed by atoms with E-state index in [4.69, 9.17) is 22.7 Å². The van der Waals surface area contributed by atoms with Crippen LogP contribution in [0.15, 0.2) is 24.3 Å². The van der Waals surface area contributed by atoms with Gasteiger partial charge in [-0.3, -0.25) is 4.79 Å². The third kappa shape index (κ3) is 3.42. The Morgan fingerprint density at radius 2 is 2.12 bits per heavy atom. The topological polar surface area (TPSA) is 55.6 Å². The maximum absolute atomic E-state index is 12.2. The third-order valence-corrected chi connectivity index (χ3v) is 2.48. The first-order chi connectivity index (χ1) is 8.10. The first-order valence-corrected chi connectivity index (χ1v) is 5.71. The second-order valence-electron chi connectivity index (χ2n) is 3.49. The highest BCUT2D eigenvalue weighted by Gasteiger charge is 2.18. The predicted molar refractivity (Wildman–Crippen MR) is 71.4 cm³/mol. The number of carbonyl (C=O) groups excluding carboxylic acids is 1. The molecule has 92 valence electrons. The number of rotatable bonds is 5. The zero-order chi connectivity index (χ0) is 12.8. The molecule has 1 aromatic rings. The van der Waals surface area contributed by atoms with E-state index in [1.807, 2.05) is 13.0 Å². The molecule has 0 saturated heterocycles. The molecule has 0 radical (unpaired) electrons. The number of ether oxygens (including phenoxy) is 1. The average Bonchev–Trinajstić information content (AvgIpc) is 2.34. The summed E-state index contributed by atoms with van der Waals surface area (Å²) in [6.45, 7) is 2.71. The lowest BCUT2D eigenvalue weighted by Gasteiger charge is -2.21. The van der Waals surface area contributed by atoms with E-state index in [-0.39, 0.29) is 12.5 Å². The number of carbonyl (C=O) groups is 1. The molecule has 0 heterocycles. The monoisotopic (exact) mass is 252 g/mol. The summed E-state index contributed by atoms with van der Waals surface area (Å²) in [4.78, 5) is 14.1. The van der Waals surface area contributed by atoms with E-state index in [1.54, 1.807) is 23.1 Å². The second-order valence-corrected chi connectivity index (χ2v) is 4.01. The molecule has 0 aliphatic heterocycles.